The van der Waals surface area contributed by atoms with Crippen LogP contribution in [-0.4, -0.2) is 55.5 Å². The van der Waals surface area contributed by atoms with Crippen LogP contribution in [0.2, 0.25) is 0 Å². The fourth-order valence-corrected chi connectivity index (χ4v) is 2.45. The van der Waals surface area contributed by atoms with Crippen LogP contribution in [-0.2, 0) is 0 Å². The van der Waals surface area contributed by atoms with Gasteiger partial charge in [-0.15, -0.1) is 0 Å². The molecule has 20 heavy (non-hydrogen) atoms. The van der Waals surface area contributed by atoms with Gasteiger partial charge in [-0.05, 0) is 47.0 Å². The van der Waals surface area contributed by atoms with Crippen molar-refractivity contribution in [3.8, 4) is 0 Å². The lowest BCUT2D eigenvalue weighted by Crippen LogP contribution is -2.43. The van der Waals surface area contributed by atoms with Gasteiger partial charge < -0.3 is 15.1 Å². The molecule has 0 fully saturated rings. The van der Waals surface area contributed by atoms with Gasteiger partial charge >= 0.3 is 0 Å². The molecular weight excluding hydrogens is 250 g/mol. The molecule has 1 N–H and O–H groups in total. The van der Waals surface area contributed by atoms with E-state index in [1.807, 2.05) is 57.1 Å². The monoisotopic (exact) mass is 277 g/mol. The second-order valence-electron chi connectivity index (χ2n) is 5.28. The van der Waals surface area contributed by atoms with E-state index in [0.717, 1.165) is 24.3 Å². The van der Waals surface area contributed by atoms with E-state index in [0.29, 0.717) is 6.54 Å². The lowest BCUT2D eigenvalue weighted by Gasteiger charge is -2.30. The Morgan fingerprint density at radius 3 is 2.45 bits per heavy atom. The molecule has 0 spiro atoms. The highest BCUT2D eigenvalue weighted by Crippen LogP contribution is 2.18. The highest BCUT2D eigenvalue weighted by Gasteiger charge is 2.22. The fraction of sp³-hybridized carbons (Fsp3) is 0.562. The summed E-state index contributed by atoms with van der Waals surface area (Å²) in [5.41, 5.74) is 1.66. The third kappa shape index (κ3) is 4.23. The maximum atomic E-state index is 12.8. The van der Waals surface area contributed by atoms with Crippen LogP contribution >= 0.6 is 0 Å². The summed E-state index contributed by atoms with van der Waals surface area (Å²) in [7, 11) is 4.06. The molecule has 1 rings (SSSR count). The zero-order chi connectivity index (χ0) is 15.1. The van der Waals surface area contributed by atoms with Crippen molar-refractivity contribution in [3.63, 3.8) is 0 Å². The van der Waals surface area contributed by atoms with Crippen molar-refractivity contribution in [2.45, 2.75) is 26.8 Å². The fourth-order valence-electron chi connectivity index (χ4n) is 2.45. The van der Waals surface area contributed by atoms with Crippen molar-refractivity contribution in [1.82, 2.24) is 9.80 Å². The van der Waals surface area contributed by atoms with Crippen LogP contribution in [0.15, 0.2) is 24.3 Å². The summed E-state index contributed by atoms with van der Waals surface area (Å²) in [6.07, 6.45) is 0. The number of amides is 1. The Morgan fingerprint density at radius 2 is 1.90 bits per heavy atom. The summed E-state index contributed by atoms with van der Waals surface area (Å²) in [4.78, 5) is 16.8. The molecule has 1 aromatic rings. The van der Waals surface area contributed by atoms with E-state index < -0.39 is 0 Å². The van der Waals surface area contributed by atoms with Crippen molar-refractivity contribution in [2.24, 2.45) is 0 Å². The molecule has 1 amide bonds. The Kier molecular flexibility index (Phi) is 6.52. The minimum Gasteiger partial charge on any atom is -0.385 e. The van der Waals surface area contributed by atoms with Crippen molar-refractivity contribution in [3.05, 3.63) is 29.8 Å². The smallest absolute Gasteiger partial charge is 0.256 e. The van der Waals surface area contributed by atoms with Gasteiger partial charge in [0.1, 0.15) is 0 Å². The lowest BCUT2D eigenvalue weighted by molar-refractivity contribution is 0.0680. The second-order valence-corrected chi connectivity index (χ2v) is 5.28. The Hall–Kier alpha value is -1.55. The molecule has 1 aromatic carbocycles. The highest BCUT2D eigenvalue weighted by molar-refractivity contribution is 5.99. The molecule has 0 saturated carbocycles. The molecule has 0 aliphatic rings. The van der Waals surface area contributed by atoms with E-state index in [1.54, 1.807) is 0 Å². The van der Waals surface area contributed by atoms with Gasteiger partial charge in [-0.25, -0.2) is 0 Å². The number of hydrogen-bond acceptors (Lipinski definition) is 3. The second kappa shape index (κ2) is 7.90. The first kappa shape index (κ1) is 16.5. The minimum absolute atomic E-state index is 0.0957. The van der Waals surface area contributed by atoms with Crippen LogP contribution in [0, 0.1) is 0 Å². The number of rotatable bonds is 7. The van der Waals surface area contributed by atoms with Gasteiger partial charge in [0.25, 0.3) is 5.91 Å². The molecule has 112 valence electrons. The Labute approximate surface area is 122 Å². The Balaban J connectivity index is 2.96. The lowest BCUT2D eigenvalue weighted by atomic mass is 10.1. The maximum Gasteiger partial charge on any atom is 0.256 e. The number of benzene rings is 1. The van der Waals surface area contributed by atoms with Crippen LogP contribution in [0.5, 0.6) is 0 Å². The quantitative estimate of drug-likeness (QED) is 0.832. The molecule has 0 bridgehead atoms. The standard InChI is InChI=1S/C16H27N3O/c1-6-17-15-11-9-8-10-14(15)16(20)19(7-2)13(3)12-18(4)5/h8-11,13,17H,6-7,12H2,1-5H3. The molecule has 4 nitrogen and oxygen atoms in total. The first-order valence-corrected chi connectivity index (χ1v) is 7.29. The zero-order valence-electron chi connectivity index (χ0n) is 13.3. The Bertz CT molecular complexity index is 431. The molecule has 0 aliphatic heterocycles. The van der Waals surface area contributed by atoms with Gasteiger partial charge in [0, 0.05) is 31.4 Å². The topological polar surface area (TPSA) is 35.6 Å². The number of likely N-dealkylation sites (N-methyl/N-ethyl adjacent to an activating group) is 2. The summed E-state index contributed by atoms with van der Waals surface area (Å²) in [6, 6.07) is 7.91. The van der Waals surface area contributed by atoms with E-state index in [-0.39, 0.29) is 11.9 Å². The summed E-state index contributed by atoms with van der Waals surface area (Å²) in [5.74, 6) is 0.0957. The third-order valence-corrected chi connectivity index (χ3v) is 3.29. The molecular formula is C16H27N3O. The first-order valence-electron chi connectivity index (χ1n) is 7.29. The SMILES string of the molecule is CCNc1ccccc1C(=O)N(CC)C(C)CN(C)C. The van der Waals surface area contributed by atoms with Crippen molar-refractivity contribution in [1.29, 1.82) is 0 Å². The van der Waals surface area contributed by atoms with Crippen molar-refractivity contribution >= 4 is 11.6 Å². The number of anilines is 1. The van der Waals surface area contributed by atoms with Gasteiger partial charge in [0.15, 0.2) is 0 Å². The van der Waals surface area contributed by atoms with E-state index in [4.69, 9.17) is 0 Å². The van der Waals surface area contributed by atoms with Crippen molar-refractivity contribution in [2.75, 3.05) is 39.0 Å². The van der Waals surface area contributed by atoms with E-state index in [9.17, 15) is 4.79 Å². The number of nitrogens with one attached hydrogen (secondary N) is 1. The van der Waals surface area contributed by atoms with Gasteiger partial charge in [-0.2, -0.15) is 0 Å². The van der Waals surface area contributed by atoms with Crippen LogP contribution < -0.4 is 5.32 Å². The molecule has 1 atom stereocenters. The number of carbonyl (C=O) groups is 1. The van der Waals surface area contributed by atoms with Crippen LogP contribution in [0.4, 0.5) is 5.69 Å². The van der Waals surface area contributed by atoms with Gasteiger partial charge in [-0.1, -0.05) is 12.1 Å². The average Bonchev–Trinajstić information content (AvgIpc) is 2.39. The molecule has 0 saturated heterocycles. The third-order valence-electron chi connectivity index (χ3n) is 3.29. The predicted molar refractivity (Wildman–Crippen MR) is 85.3 cm³/mol. The highest BCUT2D eigenvalue weighted by atomic mass is 16.2. The van der Waals surface area contributed by atoms with Crippen molar-refractivity contribution < 1.29 is 4.79 Å². The molecule has 0 radical (unpaired) electrons. The Morgan fingerprint density at radius 1 is 1.25 bits per heavy atom. The van der Waals surface area contributed by atoms with E-state index in [2.05, 4.69) is 17.1 Å². The van der Waals surface area contributed by atoms with E-state index in [1.165, 1.54) is 0 Å². The molecule has 0 aliphatic carbocycles. The number of hydrogen-bond donors (Lipinski definition) is 1. The maximum absolute atomic E-state index is 12.8. The van der Waals surface area contributed by atoms with Crippen LogP contribution in [0.1, 0.15) is 31.1 Å². The first-order chi connectivity index (χ1) is 9.51. The average molecular weight is 277 g/mol. The predicted octanol–water partition coefficient (Wildman–Crippen LogP) is 2.53. The van der Waals surface area contributed by atoms with Gasteiger partial charge in [0.2, 0.25) is 0 Å². The largest absolute Gasteiger partial charge is 0.385 e. The normalized spacial score (nSPS) is 12.3. The van der Waals surface area contributed by atoms with Crippen LogP contribution in [0.25, 0.3) is 0 Å². The summed E-state index contributed by atoms with van der Waals surface area (Å²) >= 11 is 0. The zero-order valence-corrected chi connectivity index (χ0v) is 13.3. The number of carbonyl (C=O) groups excluding carboxylic acids is 1. The molecule has 0 aromatic heterocycles. The molecule has 0 heterocycles. The minimum atomic E-state index is 0.0957. The van der Waals surface area contributed by atoms with Gasteiger partial charge in [0.05, 0.1) is 5.56 Å². The van der Waals surface area contributed by atoms with Crippen LogP contribution in [0.3, 0.4) is 0 Å². The van der Waals surface area contributed by atoms with E-state index >= 15 is 0 Å². The molecule has 4 heteroatoms. The summed E-state index contributed by atoms with van der Waals surface area (Å²) < 4.78 is 0. The summed E-state index contributed by atoms with van der Waals surface area (Å²) in [5, 5.41) is 3.26. The number of para-hydroxylation sites is 1. The molecule has 1 unspecified atom stereocenters. The summed E-state index contributed by atoms with van der Waals surface area (Å²) in [6.45, 7) is 8.55. The number of nitrogens with zero attached hydrogens (tertiary/aromatic N) is 2. The van der Waals surface area contributed by atoms with Gasteiger partial charge in [-0.3, -0.25) is 4.79 Å².